The Balaban J connectivity index is 1.60. The topological polar surface area (TPSA) is 53.5 Å². The minimum absolute atomic E-state index is 0.146. The summed E-state index contributed by atoms with van der Waals surface area (Å²) in [5.74, 6) is 0.927. The van der Waals surface area contributed by atoms with Crippen molar-refractivity contribution in [2.24, 2.45) is 5.92 Å². The van der Waals surface area contributed by atoms with Crippen LogP contribution >= 0.6 is 0 Å². The first-order valence-electron chi connectivity index (χ1n) is 8.62. The van der Waals surface area contributed by atoms with E-state index in [1.165, 1.54) is 10.4 Å². The molecule has 0 aliphatic carbocycles. The third-order valence-corrected chi connectivity index (χ3v) is 7.16. The number of sulfonamides is 1. The molecule has 0 bridgehead atoms. The number of aromatic nitrogens is 1. The van der Waals surface area contributed by atoms with Crippen LogP contribution in [0.1, 0.15) is 12.0 Å². The highest BCUT2D eigenvalue weighted by Crippen LogP contribution is 2.38. The van der Waals surface area contributed by atoms with Gasteiger partial charge in [0.2, 0.25) is 10.0 Å². The van der Waals surface area contributed by atoms with Gasteiger partial charge in [-0.05, 0) is 42.7 Å². The second kappa shape index (κ2) is 6.49. The fourth-order valence-electron chi connectivity index (χ4n) is 3.92. The SMILES string of the molecule is O=S(=O)(c1cccc(C(F)(F)F)c1)N1CCC2CN(c3ccccn3)CC21. The zero-order valence-electron chi connectivity index (χ0n) is 14.3. The number of alkyl halides is 3. The second-order valence-corrected chi connectivity index (χ2v) is 8.74. The first-order chi connectivity index (χ1) is 12.8. The van der Waals surface area contributed by atoms with Crippen molar-refractivity contribution >= 4 is 15.8 Å². The van der Waals surface area contributed by atoms with Crippen molar-refractivity contribution in [2.75, 3.05) is 24.5 Å². The molecule has 0 amide bonds. The molecule has 4 rings (SSSR count). The molecule has 9 heteroatoms. The first kappa shape index (κ1) is 18.2. The number of hydrogen-bond acceptors (Lipinski definition) is 4. The largest absolute Gasteiger partial charge is 0.416 e. The number of pyridine rings is 1. The fraction of sp³-hybridized carbons (Fsp3) is 0.389. The monoisotopic (exact) mass is 397 g/mol. The normalized spacial score (nSPS) is 23.6. The standard InChI is InChI=1S/C18H18F3N3O2S/c19-18(20,21)14-4-3-5-15(10-14)27(25,26)24-9-7-13-11-23(12-16(13)24)17-6-1-2-8-22-17/h1-6,8,10,13,16H,7,9,11-12H2. The lowest BCUT2D eigenvalue weighted by atomic mass is 10.1. The molecule has 0 N–H and O–H groups in total. The molecule has 2 aromatic rings. The van der Waals surface area contributed by atoms with Gasteiger partial charge in [-0.1, -0.05) is 12.1 Å². The van der Waals surface area contributed by atoms with E-state index >= 15 is 0 Å². The Kier molecular flexibility index (Phi) is 4.38. The Morgan fingerprint density at radius 3 is 2.59 bits per heavy atom. The average Bonchev–Trinajstić information content (AvgIpc) is 3.22. The summed E-state index contributed by atoms with van der Waals surface area (Å²) in [5.41, 5.74) is -0.958. The highest BCUT2D eigenvalue weighted by Gasteiger charge is 2.47. The van der Waals surface area contributed by atoms with E-state index in [1.54, 1.807) is 6.20 Å². The van der Waals surface area contributed by atoms with E-state index in [0.717, 1.165) is 18.0 Å². The molecule has 2 atom stereocenters. The lowest BCUT2D eigenvalue weighted by molar-refractivity contribution is -0.137. The summed E-state index contributed by atoms with van der Waals surface area (Å²) in [4.78, 5) is 6.03. The quantitative estimate of drug-likeness (QED) is 0.799. The summed E-state index contributed by atoms with van der Waals surface area (Å²) in [5, 5.41) is 0. The molecule has 0 saturated carbocycles. The number of rotatable bonds is 3. The van der Waals surface area contributed by atoms with E-state index in [0.29, 0.717) is 32.1 Å². The molecule has 2 unspecified atom stereocenters. The van der Waals surface area contributed by atoms with Gasteiger partial charge in [-0.2, -0.15) is 17.5 Å². The van der Waals surface area contributed by atoms with Crippen molar-refractivity contribution in [2.45, 2.75) is 23.5 Å². The van der Waals surface area contributed by atoms with Crippen LogP contribution in [0, 0.1) is 5.92 Å². The zero-order chi connectivity index (χ0) is 19.2. The molecule has 2 aliphatic heterocycles. The summed E-state index contributed by atoms with van der Waals surface area (Å²) < 4.78 is 66.3. The molecule has 0 spiro atoms. The molecule has 27 heavy (non-hydrogen) atoms. The molecule has 3 heterocycles. The van der Waals surface area contributed by atoms with Crippen LogP contribution in [0.4, 0.5) is 19.0 Å². The second-order valence-electron chi connectivity index (χ2n) is 6.85. The fourth-order valence-corrected chi connectivity index (χ4v) is 5.66. The lowest BCUT2D eigenvalue weighted by Crippen LogP contribution is -2.39. The number of anilines is 1. The van der Waals surface area contributed by atoms with Gasteiger partial charge in [0.1, 0.15) is 5.82 Å². The number of benzene rings is 1. The van der Waals surface area contributed by atoms with Crippen LogP contribution in [0.3, 0.4) is 0 Å². The summed E-state index contributed by atoms with van der Waals surface area (Å²) in [6.07, 6.45) is -2.21. The average molecular weight is 397 g/mol. The number of nitrogens with zero attached hydrogens (tertiary/aromatic N) is 3. The van der Waals surface area contributed by atoms with Crippen LogP contribution in [0.2, 0.25) is 0 Å². The molecule has 2 fully saturated rings. The van der Waals surface area contributed by atoms with Crippen LogP contribution in [-0.2, 0) is 16.2 Å². The summed E-state index contributed by atoms with van der Waals surface area (Å²) in [6.45, 7) is 1.50. The van der Waals surface area contributed by atoms with E-state index in [-0.39, 0.29) is 16.9 Å². The molecular formula is C18H18F3N3O2S. The highest BCUT2D eigenvalue weighted by atomic mass is 32.2. The summed E-state index contributed by atoms with van der Waals surface area (Å²) in [6, 6.07) is 9.25. The maximum absolute atomic E-state index is 13.0. The number of fused-ring (bicyclic) bond motifs is 1. The number of halogens is 3. The Bertz CT molecular complexity index is 934. The van der Waals surface area contributed by atoms with E-state index in [4.69, 9.17) is 0 Å². The van der Waals surface area contributed by atoms with E-state index in [1.807, 2.05) is 23.1 Å². The van der Waals surface area contributed by atoms with Gasteiger partial charge in [0.05, 0.1) is 10.5 Å². The highest BCUT2D eigenvalue weighted by molar-refractivity contribution is 7.89. The third kappa shape index (κ3) is 3.29. The van der Waals surface area contributed by atoms with Crippen molar-refractivity contribution in [1.82, 2.24) is 9.29 Å². The Labute approximate surface area is 155 Å². The van der Waals surface area contributed by atoms with Crippen LogP contribution in [0.15, 0.2) is 53.6 Å². The molecule has 0 radical (unpaired) electrons. The van der Waals surface area contributed by atoms with Gasteiger partial charge >= 0.3 is 6.18 Å². The number of hydrogen-bond donors (Lipinski definition) is 0. The van der Waals surface area contributed by atoms with Crippen LogP contribution in [0.5, 0.6) is 0 Å². The van der Waals surface area contributed by atoms with E-state index in [2.05, 4.69) is 4.98 Å². The summed E-state index contributed by atoms with van der Waals surface area (Å²) in [7, 11) is -4.00. The van der Waals surface area contributed by atoms with Crippen molar-refractivity contribution in [3.63, 3.8) is 0 Å². The van der Waals surface area contributed by atoms with Crippen LogP contribution in [0.25, 0.3) is 0 Å². The van der Waals surface area contributed by atoms with E-state index < -0.39 is 21.8 Å². The predicted molar refractivity (Wildman–Crippen MR) is 93.7 cm³/mol. The van der Waals surface area contributed by atoms with Gasteiger partial charge in [-0.15, -0.1) is 0 Å². The van der Waals surface area contributed by atoms with Gasteiger partial charge in [-0.3, -0.25) is 0 Å². The van der Waals surface area contributed by atoms with Crippen molar-refractivity contribution in [1.29, 1.82) is 0 Å². The van der Waals surface area contributed by atoms with E-state index in [9.17, 15) is 21.6 Å². The predicted octanol–water partition coefficient (Wildman–Crippen LogP) is 3.00. The van der Waals surface area contributed by atoms with Gasteiger partial charge in [0.15, 0.2) is 0 Å². The molecule has 2 aliphatic rings. The maximum Gasteiger partial charge on any atom is 0.416 e. The van der Waals surface area contributed by atoms with Crippen LogP contribution < -0.4 is 4.90 Å². The van der Waals surface area contributed by atoms with Gasteiger partial charge in [0.25, 0.3) is 0 Å². The lowest BCUT2D eigenvalue weighted by Gasteiger charge is -2.25. The van der Waals surface area contributed by atoms with Crippen molar-refractivity contribution < 1.29 is 21.6 Å². The van der Waals surface area contributed by atoms with Gasteiger partial charge < -0.3 is 4.90 Å². The molecule has 144 valence electrons. The molecule has 1 aromatic carbocycles. The Morgan fingerprint density at radius 2 is 1.89 bits per heavy atom. The molecular weight excluding hydrogens is 379 g/mol. The third-order valence-electron chi connectivity index (χ3n) is 5.24. The van der Waals surface area contributed by atoms with Gasteiger partial charge in [-0.25, -0.2) is 13.4 Å². The molecule has 2 saturated heterocycles. The molecule has 5 nitrogen and oxygen atoms in total. The van der Waals surface area contributed by atoms with Crippen LogP contribution in [-0.4, -0.2) is 43.4 Å². The Morgan fingerprint density at radius 1 is 1.07 bits per heavy atom. The van der Waals surface area contributed by atoms with Crippen molar-refractivity contribution in [3.8, 4) is 0 Å². The van der Waals surface area contributed by atoms with Gasteiger partial charge in [0, 0.05) is 31.9 Å². The minimum Gasteiger partial charge on any atom is -0.355 e. The van der Waals surface area contributed by atoms with Crippen molar-refractivity contribution in [3.05, 3.63) is 54.2 Å². The zero-order valence-corrected chi connectivity index (χ0v) is 15.1. The smallest absolute Gasteiger partial charge is 0.355 e. The summed E-state index contributed by atoms with van der Waals surface area (Å²) >= 11 is 0. The molecule has 1 aromatic heterocycles. The first-order valence-corrected chi connectivity index (χ1v) is 10.1. The maximum atomic E-state index is 13.0. The minimum atomic E-state index is -4.58. The Hall–Kier alpha value is -2.13.